The molecule has 0 spiro atoms. The van der Waals surface area contributed by atoms with Gasteiger partial charge in [0.25, 0.3) is 0 Å². The number of rotatable bonds is 7. The smallest absolute Gasteiger partial charge is 0.481 e. The summed E-state index contributed by atoms with van der Waals surface area (Å²) >= 11 is 7.15. The molecule has 190 valence electrons. The summed E-state index contributed by atoms with van der Waals surface area (Å²) in [5, 5.41) is 26.8. The van der Waals surface area contributed by atoms with Crippen molar-refractivity contribution in [3.63, 3.8) is 0 Å². The summed E-state index contributed by atoms with van der Waals surface area (Å²) in [4.78, 5) is 28.2. The second-order valence-electron chi connectivity index (χ2n) is 7.99. The Morgan fingerprint density at radius 3 is 2.58 bits per heavy atom. The van der Waals surface area contributed by atoms with Crippen LogP contribution in [0.15, 0.2) is 24.3 Å². The van der Waals surface area contributed by atoms with E-state index in [0.29, 0.717) is 0 Å². The molecule has 0 aliphatic heterocycles. The normalized spacial score (nSPS) is 12.6. The lowest BCUT2D eigenvalue weighted by Gasteiger charge is -2.19. The lowest BCUT2D eigenvalue weighted by atomic mass is 9.95. The van der Waals surface area contributed by atoms with E-state index >= 15 is 0 Å². The zero-order valence-electron chi connectivity index (χ0n) is 18.8. The van der Waals surface area contributed by atoms with Gasteiger partial charge in [-0.05, 0) is 32.9 Å². The van der Waals surface area contributed by atoms with Crippen LogP contribution in [0.1, 0.15) is 38.3 Å². The molecular formula is C21H17ClF3N5O5S. The number of alkyl halides is 3. The van der Waals surface area contributed by atoms with E-state index in [9.17, 15) is 28.0 Å². The molecule has 2 heterocycles. The van der Waals surface area contributed by atoms with Gasteiger partial charge in [-0.15, -0.1) is 26.3 Å². The van der Waals surface area contributed by atoms with Gasteiger partial charge in [0.2, 0.25) is 6.23 Å². The second-order valence-corrected chi connectivity index (χ2v) is 9.60. The molecule has 10 nitrogen and oxygen atoms in total. The summed E-state index contributed by atoms with van der Waals surface area (Å²) in [6.07, 6.45) is -6.91. The summed E-state index contributed by atoms with van der Waals surface area (Å²) in [5.41, 5.74) is -2.33. The van der Waals surface area contributed by atoms with Crippen LogP contribution >= 0.6 is 22.9 Å². The number of carbonyl (C=O) groups is 2. The molecule has 1 N–H and O–H groups in total. The Bertz CT molecular complexity index is 1350. The minimum Gasteiger partial charge on any atom is -0.481 e. The molecule has 3 rings (SSSR count). The van der Waals surface area contributed by atoms with Crippen molar-refractivity contribution in [2.45, 2.75) is 33.2 Å². The molecule has 0 aliphatic carbocycles. The second kappa shape index (κ2) is 10.1. The molecule has 15 heteroatoms. The van der Waals surface area contributed by atoms with Crippen LogP contribution in [0.25, 0.3) is 22.0 Å². The van der Waals surface area contributed by atoms with E-state index in [1.807, 2.05) is 6.07 Å². The number of carbonyl (C=O) groups excluding carboxylic acids is 1. The van der Waals surface area contributed by atoms with Crippen molar-refractivity contribution in [3.8, 4) is 28.0 Å². The van der Waals surface area contributed by atoms with Gasteiger partial charge in [-0.2, -0.15) is 18.4 Å². The average Bonchev–Trinajstić information content (AvgIpc) is 3.40. The predicted molar refractivity (Wildman–Crippen MR) is 120 cm³/mol. The van der Waals surface area contributed by atoms with Gasteiger partial charge in [0.15, 0.2) is 11.4 Å². The summed E-state index contributed by atoms with van der Waals surface area (Å²) in [7, 11) is 0. The highest BCUT2D eigenvalue weighted by atomic mass is 35.5. The number of carboxylic acids is 1. The highest BCUT2D eigenvalue weighted by Gasteiger charge is 2.32. The van der Waals surface area contributed by atoms with Crippen LogP contribution in [0, 0.1) is 16.7 Å². The summed E-state index contributed by atoms with van der Waals surface area (Å²) in [5.74, 6) is -1.18. The number of carboxylic acid groups (broad SMARTS) is 1. The Kier molecular flexibility index (Phi) is 7.56. The van der Waals surface area contributed by atoms with E-state index in [1.54, 1.807) is 0 Å². The van der Waals surface area contributed by atoms with Crippen LogP contribution in [0.3, 0.4) is 0 Å². The summed E-state index contributed by atoms with van der Waals surface area (Å²) in [6, 6.07) is 6.33. The van der Waals surface area contributed by atoms with Crippen LogP contribution < -0.4 is 0 Å². The van der Waals surface area contributed by atoms with Gasteiger partial charge in [0.05, 0.1) is 11.0 Å². The van der Waals surface area contributed by atoms with Crippen molar-refractivity contribution in [2.24, 2.45) is 5.41 Å². The van der Waals surface area contributed by atoms with E-state index < -0.39 is 42.1 Å². The molecule has 0 aliphatic rings. The Hall–Kier alpha value is -3.70. The third kappa shape index (κ3) is 5.92. The topological polar surface area (TPSA) is 140 Å². The molecular weight excluding hydrogens is 527 g/mol. The first-order valence-corrected chi connectivity index (χ1v) is 11.2. The lowest BCUT2D eigenvalue weighted by Crippen LogP contribution is -2.31. The van der Waals surface area contributed by atoms with Gasteiger partial charge in [0.1, 0.15) is 27.7 Å². The number of ether oxygens (including phenoxy) is 2. The third-order valence-corrected chi connectivity index (χ3v) is 6.01. The van der Waals surface area contributed by atoms with Crippen molar-refractivity contribution in [1.29, 1.82) is 5.26 Å². The number of benzene rings is 1. The largest absolute Gasteiger partial charge is 0.510 e. The van der Waals surface area contributed by atoms with Gasteiger partial charge in [0, 0.05) is 5.56 Å². The molecule has 3 aromatic rings. The number of halogens is 4. The van der Waals surface area contributed by atoms with E-state index in [-0.39, 0.29) is 32.0 Å². The summed E-state index contributed by atoms with van der Waals surface area (Å²) < 4.78 is 49.1. The van der Waals surface area contributed by atoms with Crippen molar-refractivity contribution < 1.29 is 37.3 Å². The maximum Gasteiger partial charge on any atom is 0.510 e. The van der Waals surface area contributed by atoms with Gasteiger partial charge in [-0.25, -0.2) is 9.78 Å². The zero-order chi connectivity index (χ0) is 26.8. The van der Waals surface area contributed by atoms with Gasteiger partial charge >= 0.3 is 18.3 Å². The molecule has 0 fully saturated rings. The monoisotopic (exact) mass is 543 g/mol. The summed E-state index contributed by atoms with van der Waals surface area (Å²) in [6.45, 7) is 3.63. The molecule has 1 unspecified atom stereocenters. The van der Waals surface area contributed by atoms with E-state index in [2.05, 4.69) is 15.2 Å². The molecule has 0 saturated heterocycles. The molecule has 0 bridgehead atoms. The fourth-order valence-corrected chi connectivity index (χ4v) is 3.78. The van der Waals surface area contributed by atoms with Gasteiger partial charge in [-0.1, -0.05) is 23.7 Å². The maximum absolute atomic E-state index is 13.1. The standard InChI is InChI=1S/C21H17ClF3N5O5S/c1-10(35-19(33)34-9-20(2,3)18(31)32)30-28-13(8-26)14(29-30)15-16(22)36-17(27-15)11-5-4-6-12(7-11)21(23,24)25/h4-7,10H,9H2,1-3H3,(H,31,32). The van der Waals surface area contributed by atoms with Gasteiger partial charge < -0.3 is 14.6 Å². The number of nitrogens with zero attached hydrogens (tertiary/aromatic N) is 5. The van der Waals surface area contributed by atoms with Crippen molar-refractivity contribution >= 4 is 35.1 Å². The van der Waals surface area contributed by atoms with Crippen LogP contribution in [0.5, 0.6) is 0 Å². The number of hydrogen-bond donors (Lipinski definition) is 1. The van der Waals surface area contributed by atoms with E-state index in [0.717, 1.165) is 28.3 Å². The lowest BCUT2D eigenvalue weighted by molar-refractivity contribution is -0.149. The SMILES string of the molecule is CC(OC(=O)OCC(C)(C)C(=O)O)n1nc(C#N)c(-c2nc(-c3cccc(C(F)(F)F)c3)sc2Cl)n1. The Morgan fingerprint density at radius 1 is 1.28 bits per heavy atom. The quantitative estimate of drug-likeness (QED) is 0.388. The van der Waals surface area contributed by atoms with Crippen LogP contribution in [0.4, 0.5) is 18.0 Å². The number of aromatic nitrogens is 4. The first-order valence-electron chi connectivity index (χ1n) is 10.0. The van der Waals surface area contributed by atoms with E-state index in [4.69, 9.17) is 26.2 Å². The minimum atomic E-state index is -4.54. The molecule has 0 radical (unpaired) electrons. The highest BCUT2D eigenvalue weighted by molar-refractivity contribution is 7.19. The fraction of sp³-hybridized carbons (Fsp3) is 0.333. The van der Waals surface area contributed by atoms with Crippen LogP contribution in [0.2, 0.25) is 4.34 Å². The number of thiazole rings is 1. The molecule has 1 aromatic carbocycles. The van der Waals surface area contributed by atoms with Gasteiger partial charge in [-0.3, -0.25) is 4.79 Å². The minimum absolute atomic E-state index is 0.00913. The van der Waals surface area contributed by atoms with Crippen molar-refractivity contribution in [2.75, 3.05) is 6.61 Å². The van der Waals surface area contributed by atoms with Crippen molar-refractivity contribution in [1.82, 2.24) is 20.0 Å². The van der Waals surface area contributed by atoms with Crippen molar-refractivity contribution in [3.05, 3.63) is 39.9 Å². The molecule has 0 saturated carbocycles. The first-order chi connectivity index (χ1) is 16.7. The molecule has 1 atom stereocenters. The average molecular weight is 544 g/mol. The first kappa shape index (κ1) is 26.9. The van der Waals surface area contributed by atoms with Crippen LogP contribution in [-0.4, -0.2) is 43.8 Å². The number of aliphatic carboxylic acids is 1. The zero-order valence-corrected chi connectivity index (χ0v) is 20.4. The fourth-order valence-electron chi connectivity index (χ4n) is 2.64. The number of hydrogen-bond acceptors (Lipinski definition) is 9. The maximum atomic E-state index is 13.1. The predicted octanol–water partition coefficient (Wildman–Crippen LogP) is 5.39. The van der Waals surface area contributed by atoms with E-state index in [1.165, 1.54) is 32.9 Å². The highest BCUT2D eigenvalue weighted by Crippen LogP contribution is 2.39. The number of nitriles is 1. The Labute approximate surface area is 210 Å². The van der Waals surface area contributed by atoms with Crippen LogP contribution in [-0.2, 0) is 20.4 Å². The molecule has 0 amide bonds. The molecule has 2 aromatic heterocycles. The Morgan fingerprint density at radius 2 is 1.97 bits per heavy atom. The third-order valence-electron chi connectivity index (χ3n) is 4.70. The molecule has 36 heavy (non-hydrogen) atoms. The Balaban J connectivity index is 1.83.